The van der Waals surface area contributed by atoms with Crippen LogP contribution in [-0.2, 0) is 27.5 Å². The van der Waals surface area contributed by atoms with Crippen molar-refractivity contribution in [3.8, 4) is 11.3 Å². The molecule has 0 fully saturated rings. The molecule has 0 bridgehead atoms. The van der Waals surface area contributed by atoms with Gasteiger partial charge in [0.05, 0.1) is 10.6 Å². The predicted octanol–water partition coefficient (Wildman–Crippen LogP) is 4.24. The standard InChI is InChI=1S/C21H19FN2O3S2/c22-17-7-9-18(10-8-17)29(26,27)13-20(25)24-21-23-19(12-28-21)16-6-5-14-3-1-2-4-15(14)11-16/h5-12H,1-4,13H2,(H,23,24,25). The molecule has 0 saturated carbocycles. The zero-order valence-electron chi connectivity index (χ0n) is 15.5. The van der Waals surface area contributed by atoms with Crippen LogP contribution in [0.3, 0.4) is 0 Å². The highest BCUT2D eigenvalue weighted by molar-refractivity contribution is 7.92. The minimum atomic E-state index is -3.85. The summed E-state index contributed by atoms with van der Waals surface area (Å²) in [6.45, 7) is 0. The molecule has 1 N–H and O–H groups in total. The maximum atomic E-state index is 13.0. The van der Waals surface area contributed by atoms with Crippen molar-refractivity contribution in [2.75, 3.05) is 11.1 Å². The number of carbonyl (C=O) groups excluding carboxylic acids is 1. The zero-order chi connectivity index (χ0) is 20.4. The zero-order valence-corrected chi connectivity index (χ0v) is 17.2. The first kappa shape index (κ1) is 19.7. The summed E-state index contributed by atoms with van der Waals surface area (Å²) in [4.78, 5) is 16.5. The number of anilines is 1. The number of rotatable bonds is 5. The fraction of sp³-hybridized carbons (Fsp3) is 0.238. The largest absolute Gasteiger partial charge is 0.301 e. The van der Waals surface area contributed by atoms with Gasteiger partial charge in [0, 0.05) is 10.9 Å². The molecule has 1 heterocycles. The molecule has 5 nitrogen and oxygen atoms in total. The lowest BCUT2D eigenvalue weighted by Crippen LogP contribution is -2.23. The molecule has 1 amide bonds. The topological polar surface area (TPSA) is 76.1 Å². The number of aryl methyl sites for hydroxylation is 2. The Balaban J connectivity index is 1.45. The average Bonchev–Trinajstić information content (AvgIpc) is 3.15. The van der Waals surface area contributed by atoms with Gasteiger partial charge in [0.25, 0.3) is 0 Å². The number of aromatic nitrogens is 1. The third kappa shape index (κ3) is 4.54. The van der Waals surface area contributed by atoms with Crippen molar-refractivity contribution in [2.24, 2.45) is 0 Å². The third-order valence-corrected chi connectivity index (χ3v) is 7.28. The molecule has 150 valence electrons. The van der Waals surface area contributed by atoms with Crippen LogP contribution in [0.1, 0.15) is 24.0 Å². The minimum Gasteiger partial charge on any atom is -0.301 e. The van der Waals surface area contributed by atoms with E-state index in [9.17, 15) is 17.6 Å². The molecule has 0 saturated heterocycles. The number of fused-ring (bicyclic) bond motifs is 1. The van der Waals surface area contributed by atoms with Gasteiger partial charge in [-0.15, -0.1) is 11.3 Å². The number of nitrogens with one attached hydrogen (secondary N) is 1. The molecule has 1 aliphatic rings. The van der Waals surface area contributed by atoms with Crippen molar-refractivity contribution in [1.29, 1.82) is 0 Å². The van der Waals surface area contributed by atoms with Gasteiger partial charge < -0.3 is 5.32 Å². The SMILES string of the molecule is O=C(CS(=O)(=O)c1ccc(F)cc1)Nc1nc(-c2ccc3c(c2)CCCC3)cs1. The van der Waals surface area contributed by atoms with E-state index in [1.54, 1.807) is 0 Å². The van der Waals surface area contributed by atoms with Gasteiger partial charge >= 0.3 is 0 Å². The van der Waals surface area contributed by atoms with E-state index < -0.39 is 27.3 Å². The van der Waals surface area contributed by atoms with Crippen molar-refractivity contribution in [3.05, 3.63) is 64.8 Å². The molecular weight excluding hydrogens is 411 g/mol. The lowest BCUT2D eigenvalue weighted by molar-refractivity contribution is -0.113. The number of carbonyl (C=O) groups is 1. The molecule has 2 aromatic carbocycles. The van der Waals surface area contributed by atoms with Crippen LogP contribution in [-0.4, -0.2) is 25.1 Å². The number of benzene rings is 2. The molecule has 29 heavy (non-hydrogen) atoms. The van der Waals surface area contributed by atoms with Crippen molar-refractivity contribution >= 4 is 32.2 Å². The van der Waals surface area contributed by atoms with Crippen LogP contribution in [0, 0.1) is 5.82 Å². The number of halogens is 1. The lowest BCUT2D eigenvalue weighted by Gasteiger charge is -2.16. The molecule has 8 heteroatoms. The first-order valence-electron chi connectivity index (χ1n) is 9.27. The van der Waals surface area contributed by atoms with Gasteiger partial charge in [-0.25, -0.2) is 17.8 Å². The van der Waals surface area contributed by atoms with Gasteiger partial charge in [0.15, 0.2) is 15.0 Å². The monoisotopic (exact) mass is 430 g/mol. The van der Waals surface area contributed by atoms with Gasteiger partial charge in [0.1, 0.15) is 11.6 Å². The highest BCUT2D eigenvalue weighted by atomic mass is 32.2. The normalized spacial score (nSPS) is 13.7. The Kier molecular flexibility index (Phi) is 5.47. The Hall–Kier alpha value is -2.58. The quantitative estimate of drug-likeness (QED) is 0.615. The fourth-order valence-corrected chi connectivity index (χ4v) is 5.28. The molecule has 3 aromatic rings. The molecule has 1 aliphatic carbocycles. The van der Waals surface area contributed by atoms with Crippen molar-refractivity contribution in [3.63, 3.8) is 0 Å². The third-order valence-electron chi connectivity index (χ3n) is 4.89. The summed E-state index contributed by atoms with van der Waals surface area (Å²) in [5.74, 6) is -1.95. The van der Waals surface area contributed by atoms with Gasteiger partial charge in [-0.1, -0.05) is 12.1 Å². The van der Waals surface area contributed by atoms with Crippen LogP contribution >= 0.6 is 11.3 Å². The van der Waals surface area contributed by atoms with Crippen molar-refractivity contribution < 1.29 is 17.6 Å². The summed E-state index contributed by atoms with van der Waals surface area (Å²) < 4.78 is 37.6. The van der Waals surface area contributed by atoms with E-state index in [4.69, 9.17) is 0 Å². The van der Waals surface area contributed by atoms with Gasteiger partial charge in [-0.3, -0.25) is 4.79 Å². The maximum Gasteiger partial charge on any atom is 0.241 e. The van der Waals surface area contributed by atoms with Crippen LogP contribution in [0.4, 0.5) is 9.52 Å². The predicted molar refractivity (Wildman–Crippen MR) is 111 cm³/mol. The average molecular weight is 431 g/mol. The first-order valence-corrected chi connectivity index (χ1v) is 11.8. The number of hydrogen-bond acceptors (Lipinski definition) is 5. The van der Waals surface area contributed by atoms with E-state index in [0.717, 1.165) is 48.4 Å². The molecular formula is C21H19FN2O3S2. The highest BCUT2D eigenvalue weighted by Crippen LogP contribution is 2.29. The number of thiazole rings is 1. The van der Waals surface area contributed by atoms with Gasteiger partial charge in [-0.05, 0) is 67.1 Å². The van der Waals surface area contributed by atoms with Gasteiger partial charge in [-0.2, -0.15) is 0 Å². The van der Waals surface area contributed by atoms with E-state index in [1.807, 2.05) is 11.4 Å². The smallest absolute Gasteiger partial charge is 0.241 e. The number of amides is 1. The summed E-state index contributed by atoms with van der Waals surface area (Å²) in [6.07, 6.45) is 4.59. The summed E-state index contributed by atoms with van der Waals surface area (Å²) >= 11 is 1.25. The van der Waals surface area contributed by atoms with Crippen LogP contribution in [0.25, 0.3) is 11.3 Å². The van der Waals surface area contributed by atoms with E-state index in [2.05, 4.69) is 22.4 Å². The Morgan fingerprint density at radius 3 is 2.55 bits per heavy atom. The van der Waals surface area contributed by atoms with Crippen molar-refractivity contribution in [1.82, 2.24) is 4.98 Å². The van der Waals surface area contributed by atoms with E-state index in [-0.39, 0.29) is 4.90 Å². The second-order valence-electron chi connectivity index (χ2n) is 6.99. The Morgan fingerprint density at radius 1 is 1.07 bits per heavy atom. The second kappa shape index (κ2) is 8.04. The van der Waals surface area contributed by atoms with E-state index in [1.165, 1.54) is 35.3 Å². The molecule has 0 unspecified atom stereocenters. The number of sulfone groups is 1. The van der Waals surface area contributed by atoms with Crippen LogP contribution in [0.5, 0.6) is 0 Å². The Morgan fingerprint density at radius 2 is 1.79 bits per heavy atom. The summed E-state index contributed by atoms with van der Waals surface area (Å²) in [5.41, 5.74) is 4.47. The lowest BCUT2D eigenvalue weighted by atomic mass is 9.90. The molecule has 4 rings (SSSR count). The fourth-order valence-electron chi connectivity index (χ4n) is 3.41. The summed E-state index contributed by atoms with van der Waals surface area (Å²) in [7, 11) is -3.85. The van der Waals surface area contributed by atoms with Gasteiger partial charge in [0.2, 0.25) is 5.91 Å². The molecule has 0 spiro atoms. The molecule has 0 radical (unpaired) electrons. The highest BCUT2D eigenvalue weighted by Gasteiger charge is 2.20. The number of nitrogens with zero attached hydrogens (tertiary/aromatic N) is 1. The van der Waals surface area contributed by atoms with Crippen LogP contribution in [0.15, 0.2) is 52.7 Å². The summed E-state index contributed by atoms with van der Waals surface area (Å²) in [6, 6.07) is 10.7. The van der Waals surface area contributed by atoms with E-state index in [0.29, 0.717) is 5.13 Å². The summed E-state index contributed by atoms with van der Waals surface area (Å²) in [5, 5.41) is 4.73. The molecule has 1 aromatic heterocycles. The number of hydrogen-bond donors (Lipinski definition) is 1. The minimum absolute atomic E-state index is 0.0945. The van der Waals surface area contributed by atoms with Crippen molar-refractivity contribution in [2.45, 2.75) is 30.6 Å². The maximum absolute atomic E-state index is 13.0. The van der Waals surface area contributed by atoms with Crippen LogP contribution < -0.4 is 5.32 Å². The first-order chi connectivity index (χ1) is 13.9. The molecule has 0 aliphatic heterocycles. The second-order valence-corrected chi connectivity index (χ2v) is 9.84. The Bertz CT molecular complexity index is 1150. The molecule has 0 atom stereocenters. The van der Waals surface area contributed by atoms with E-state index >= 15 is 0 Å². The Labute approximate surface area is 172 Å². The van der Waals surface area contributed by atoms with Crippen LogP contribution in [0.2, 0.25) is 0 Å².